The van der Waals surface area contributed by atoms with Gasteiger partial charge in [0.1, 0.15) is 5.15 Å². The number of amides is 3. The number of fused-ring (bicyclic) bond motifs is 1. The summed E-state index contributed by atoms with van der Waals surface area (Å²) >= 11 is 6.21. The van der Waals surface area contributed by atoms with Crippen molar-refractivity contribution in [2.75, 3.05) is 31.6 Å². The third-order valence-corrected chi connectivity index (χ3v) is 5.54. The van der Waals surface area contributed by atoms with Gasteiger partial charge in [0.25, 0.3) is 5.91 Å². The van der Waals surface area contributed by atoms with E-state index in [4.69, 9.17) is 16.3 Å². The van der Waals surface area contributed by atoms with Gasteiger partial charge in [-0.1, -0.05) is 35.9 Å². The predicted octanol–water partition coefficient (Wildman–Crippen LogP) is 2.76. The van der Waals surface area contributed by atoms with Crippen LogP contribution in [0.15, 0.2) is 53.6 Å². The van der Waals surface area contributed by atoms with Crippen LogP contribution in [-0.2, 0) is 14.3 Å². The molecule has 0 bridgehead atoms. The molecule has 0 spiro atoms. The number of nitrogens with zero attached hydrogens (tertiary/aromatic N) is 3. The molecule has 0 saturated carbocycles. The third-order valence-electron chi connectivity index (χ3n) is 5.23. The molecule has 0 unspecified atom stereocenters. The van der Waals surface area contributed by atoms with Gasteiger partial charge in [0.05, 0.1) is 36.2 Å². The third kappa shape index (κ3) is 5.38. The topological polar surface area (TPSA) is 113 Å². The van der Waals surface area contributed by atoms with Gasteiger partial charge in [0.2, 0.25) is 0 Å². The van der Waals surface area contributed by atoms with E-state index in [1.54, 1.807) is 35.2 Å². The molecule has 0 radical (unpaired) electrons. The number of morpholine rings is 1. The summed E-state index contributed by atoms with van der Waals surface area (Å²) in [6, 6.07) is 14.1. The lowest BCUT2D eigenvalue weighted by atomic mass is 10.1. The average Bonchev–Trinajstić information content (AvgIpc) is 2.84. The highest BCUT2D eigenvalue weighted by Gasteiger charge is 2.23. The first-order chi connectivity index (χ1) is 16.4. The molecule has 2 aromatic carbocycles. The van der Waals surface area contributed by atoms with Crippen LogP contribution >= 0.6 is 11.6 Å². The Morgan fingerprint density at radius 1 is 1.09 bits per heavy atom. The molecule has 1 saturated heterocycles. The smallest absolute Gasteiger partial charge is 0.329 e. The van der Waals surface area contributed by atoms with Gasteiger partial charge >= 0.3 is 11.8 Å². The van der Waals surface area contributed by atoms with Crippen molar-refractivity contribution in [1.29, 1.82) is 0 Å². The Hall–Kier alpha value is -3.82. The van der Waals surface area contributed by atoms with Crippen molar-refractivity contribution in [3.05, 3.63) is 70.4 Å². The number of aromatic nitrogens is 1. The minimum atomic E-state index is -0.995. The van der Waals surface area contributed by atoms with Crippen LogP contribution in [-0.4, -0.2) is 60.1 Å². The lowest BCUT2D eigenvalue weighted by Gasteiger charge is -2.27. The van der Waals surface area contributed by atoms with Crippen LogP contribution in [0.5, 0.6) is 0 Å². The van der Waals surface area contributed by atoms with Gasteiger partial charge in [-0.15, -0.1) is 0 Å². The zero-order chi connectivity index (χ0) is 24.1. The Morgan fingerprint density at radius 2 is 1.85 bits per heavy atom. The minimum Gasteiger partial charge on any atom is -0.378 e. The maximum atomic E-state index is 12.8. The van der Waals surface area contributed by atoms with Crippen LogP contribution in [0.2, 0.25) is 5.15 Å². The molecule has 3 amide bonds. The number of hydrogen-bond acceptors (Lipinski definition) is 6. The molecule has 0 atom stereocenters. The largest absolute Gasteiger partial charge is 0.378 e. The van der Waals surface area contributed by atoms with Crippen LogP contribution in [0.3, 0.4) is 0 Å². The van der Waals surface area contributed by atoms with Gasteiger partial charge in [0.15, 0.2) is 0 Å². The fourth-order valence-corrected chi connectivity index (χ4v) is 3.66. The number of rotatable bonds is 4. The molecular formula is C24H22ClN5O4. The molecule has 174 valence electrons. The number of hydrazone groups is 1. The summed E-state index contributed by atoms with van der Waals surface area (Å²) in [5.41, 5.74) is 4.99. The number of anilines is 1. The Morgan fingerprint density at radius 3 is 2.65 bits per heavy atom. The van der Waals surface area contributed by atoms with Crippen molar-refractivity contribution in [2.24, 2.45) is 5.10 Å². The van der Waals surface area contributed by atoms with Crippen LogP contribution in [0.25, 0.3) is 10.9 Å². The molecule has 1 fully saturated rings. The number of halogens is 1. The second-order valence-corrected chi connectivity index (χ2v) is 8.03. The molecule has 1 aromatic heterocycles. The van der Waals surface area contributed by atoms with E-state index in [9.17, 15) is 14.4 Å². The van der Waals surface area contributed by atoms with E-state index in [0.29, 0.717) is 37.4 Å². The van der Waals surface area contributed by atoms with Crippen molar-refractivity contribution in [1.82, 2.24) is 15.3 Å². The van der Waals surface area contributed by atoms with Gasteiger partial charge in [-0.05, 0) is 36.8 Å². The van der Waals surface area contributed by atoms with Crippen molar-refractivity contribution in [3.8, 4) is 0 Å². The molecule has 3 aromatic rings. The normalized spacial score (nSPS) is 13.8. The fraction of sp³-hybridized carbons (Fsp3) is 0.208. The van der Waals surface area contributed by atoms with Crippen LogP contribution < -0.4 is 10.7 Å². The van der Waals surface area contributed by atoms with E-state index < -0.39 is 11.8 Å². The standard InChI is InChI=1S/C24H22ClN5O4/c1-15-6-7-16-13-17(21(25)27-20(16)12-15)14-26-29-23(32)22(31)28-19-5-3-2-4-18(19)24(33)30-8-10-34-11-9-30/h2-7,12-14H,8-11H2,1H3,(H,28,31)(H,29,32)/b26-14+. The monoisotopic (exact) mass is 479 g/mol. The summed E-state index contributed by atoms with van der Waals surface area (Å²) in [6.07, 6.45) is 1.32. The van der Waals surface area contributed by atoms with E-state index in [-0.39, 0.29) is 16.7 Å². The second kappa shape index (κ2) is 10.4. The average molecular weight is 480 g/mol. The highest BCUT2D eigenvalue weighted by Crippen LogP contribution is 2.21. The van der Waals surface area contributed by atoms with Crippen molar-refractivity contribution >= 4 is 52.1 Å². The fourth-order valence-electron chi connectivity index (χ4n) is 3.47. The van der Waals surface area contributed by atoms with E-state index in [0.717, 1.165) is 16.5 Å². The van der Waals surface area contributed by atoms with Crippen molar-refractivity contribution in [3.63, 3.8) is 0 Å². The van der Waals surface area contributed by atoms with Gasteiger partial charge in [0, 0.05) is 24.0 Å². The number of aryl methyl sites for hydroxylation is 1. The molecule has 1 aliphatic heterocycles. The summed E-state index contributed by atoms with van der Waals surface area (Å²) in [5.74, 6) is -2.20. The summed E-state index contributed by atoms with van der Waals surface area (Å²) in [6.45, 7) is 3.79. The van der Waals surface area contributed by atoms with Crippen molar-refractivity contribution in [2.45, 2.75) is 6.92 Å². The van der Waals surface area contributed by atoms with Gasteiger partial charge in [-0.25, -0.2) is 10.4 Å². The van der Waals surface area contributed by atoms with E-state index in [1.807, 2.05) is 25.1 Å². The van der Waals surface area contributed by atoms with Gasteiger partial charge < -0.3 is 15.0 Å². The molecule has 34 heavy (non-hydrogen) atoms. The molecule has 2 heterocycles. The Bertz CT molecular complexity index is 1290. The number of benzene rings is 2. The zero-order valence-electron chi connectivity index (χ0n) is 18.4. The molecular weight excluding hydrogens is 458 g/mol. The number of carbonyl (C=O) groups excluding carboxylic acids is 3. The molecule has 1 aliphatic rings. The van der Waals surface area contributed by atoms with Crippen LogP contribution in [0.4, 0.5) is 5.69 Å². The Kier molecular flexibility index (Phi) is 7.15. The van der Waals surface area contributed by atoms with Crippen LogP contribution in [0, 0.1) is 6.92 Å². The lowest BCUT2D eigenvalue weighted by molar-refractivity contribution is -0.136. The Labute approximate surface area is 200 Å². The number of ether oxygens (including phenoxy) is 1. The first-order valence-electron chi connectivity index (χ1n) is 10.6. The first kappa shape index (κ1) is 23.3. The maximum absolute atomic E-state index is 12.8. The van der Waals surface area contributed by atoms with Gasteiger partial charge in [-0.2, -0.15) is 5.10 Å². The molecule has 9 nitrogen and oxygen atoms in total. The van der Waals surface area contributed by atoms with Crippen molar-refractivity contribution < 1.29 is 19.1 Å². The molecule has 4 rings (SSSR count). The predicted molar refractivity (Wildman–Crippen MR) is 129 cm³/mol. The van der Waals surface area contributed by atoms with Gasteiger partial charge in [-0.3, -0.25) is 14.4 Å². The molecule has 0 aliphatic carbocycles. The highest BCUT2D eigenvalue weighted by atomic mass is 35.5. The summed E-state index contributed by atoms with van der Waals surface area (Å²) in [5, 5.41) is 7.38. The number of para-hydroxylation sites is 1. The molecule has 10 heteroatoms. The summed E-state index contributed by atoms with van der Waals surface area (Å²) in [7, 11) is 0. The zero-order valence-corrected chi connectivity index (χ0v) is 19.1. The first-order valence-corrected chi connectivity index (χ1v) is 11.0. The Balaban J connectivity index is 1.41. The second-order valence-electron chi connectivity index (χ2n) is 7.67. The molecule has 2 N–H and O–H groups in total. The summed E-state index contributed by atoms with van der Waals surface area (Å²) in [4.78, 5) is 43.4. The maximum Gasteiger partial charge on any atom is 0.329 e. The number of carbonyl (C=O) groups is 3. The lowest BCUT2D eigenvalue weighted by Crippen LogP contribution is -2.41. The van der Waals surface area contributed by atoms with E-state index in [2.05, 4.69) is 20.8 Å². The SMILES string of the molecule is Cc1ccc2cc(/C=N/NC(=O)C(=O)Nc3ccccc3C(=O)N3CCOCC3)c(Cl)nc2c1. The van der Waals surface area contributed by atoms with Crippen LogP contribution in [0.1, 0.15) is 21.5 Å². The van der Waals surface area contributed by atoms with E-state index >= 15 is 0 Å². The summed E-state index contributed by atoms with van der Waals surface area (Å²) < 4.78 is 5.27. The van der Waals surface area contributed by atoms with E-state index in [1.165, 1.54) is 6.21 Å². The highest BCUT2D eigenvalue weighted by molar-refractivity contribution is 6.40. The minimum absolute atomic E-state index is 0.219. The number of pyridine rings is 1. The number of nitrogens with one attached hydrogen (secondary N) is 2. The quantitative estimate of drug-likeness (QED) is 0.258. The number of hydrogen-bond donors (Lipinski definition) is 2.